The Morgan fingerprint density at radius 3 is 2.94 bits per heavy atom. The second-order valence-electron chi connectivity index (χ2n) is 7.93. The van der Waals surface area contributed by atoms with E-state index in [0.29, 0.717) is 49.1 Å². The number of carbonyl (C=O) groups excluding carboxylic acids is 1. The summed E-state index contributed by atoms with van der Waals surface area (Å²) in [7, 11) is 1.59. The van der Waals surface area contributed by atoms with Crippen LogP contribution in [0.4, 0.5) is 10.2 Å². The maximum atomic E-state index is 13.6. The van der Waals surface area contributed by atoms with Crippen LogP contribution in [-0.4, -0.2) is 34.6 Å². The Bertz CT molecular complexity index is 1010. The number of aryl methyl sites for hydroxylation is 1. The van der Waals surface area contributed by atoms with Crippen LogP contribution in [0, 0.1) is 24.2 Å². The van der Waals surface area contributed by atoms with Crippen molar-refractivity contribution >= 4 is 11.7 Å². The second-order valence-corrected chi connectivity index (χ2v) is 7.93. The van der Waals surface area contributed by atoms with Gasteiger partial charge in [-0.2, -0.15) is 0 Å². The number of halogens is 1. The van der Waals surface area contributed by atoms with Gasteiger partial charge in [-0.25, -0.2) is 19.3 Å². The van der Waals surface area contributed by atoms with Gasteiger partial charge in [0, 0.05) is 24.6 Å². The van der Waals surface area contributed by atoms with Crippen molar-refractivity contribution in [2.75, 3.05) is 19.0 Å². The number of nitrogens with one attached hydrogen (secondary N) is 1. The molecule has 1 saturated carbocycles. The van der Waals surface area contributed by atoms with E-state index >= 15 is 0 Å². The van der Waals surface area contributed by atoms with Crippen molar-refractivity contribution in [1.29, 1.82) is 0 Å². The molecule has 162 valence electrons. The number of allylic oxidation sites excluding steroid dienone is 4. The van der Waals surface area contributed by atoms with Crippen molar-refractivity contribution in [2.24, 2.45) is 17.3 Å². The largest absolute Gasteiger partial charge is 0.489 e. The molecule has 1 fully saturated rings. The Kier molecular flexibility index (Phi) is 6.08. The lowest BCUT2D eigenvalue weighted by atomic mass is 9.82. The monoisotopic (exact) mass is 424 g/mol. The van der Waals surface area contributed by atoms with Crippen LogP contribution in [-0.2, 0) is 16.1 Å². The van der Waals surface area contributed by atoms with Crippen LogP contribution >= 0.6 is 0 Å². The van der Waals surface area contributed by atoms with E-state index in [0.717, 1.165) is 0 Å². The third-order valence-electron chi connectivity index (χ3n) is 5.87. The smallest absolute Gasteiger partial charge is 0.229 e. The maximum absolute atomic E-state index is 13.6. The van der Waals surface area contributed by atoms with Gasteiger partial charge in [0.15, 0.2) is 5.75 Å². The van der Waals surface area contributed by atoms with E-state index in [9.17, 15) is 9.18 Å². The summed E-state index contributed by atoms with van der Waals surface area (Å²) >= 11 is 0. The molecule has 31 heavy (non-hydrogen) atoms. The predicted octanol–water partition coefficient (Wildman–Crippen LogP) is 3.78. The standard InChI is InChI=1S/C23H25FN4O3/c1-15-26-12-20(19(27-15)13-30-2)31-14-23(16-6-8-17(24)9-7-16)11-18(23)22(29)28-21-5-3-4-10-25-21/h3-6,8-10,12,16,18H,7,11,13-14H2,1-2H3,(H,25,28,29)/t16?,18-,23+/m0/s1. The first-order valence-corrected chi connectivity index (χ1v) is 10.2. The Morgan fingerprint density at radius 1 is 1.35 bits per heavy atom. The van der Waals surface area contributed by atoms with Crippen LogP contribution in [0.25, 0.3) is 0 Å². The van der Waals surface area contributed by atoms with Crippen LogP contribution in [0.5, 0.6) is 5.75 Å². The summed E-state index contributed by atoms with van der Waals surface area (Å²) in [5.74, 6) is 1.03. The van der Waals surface area contributed by atoms with Gasteiger partial charge in [-0.1, -0.05) is 12.1 Å². The van der Waals surface area contributed by atoms with Crippen molar-refractivity contribution in [1.82, 2.24) is 15.0 Å². The van der Waals surface area contributed by atoms with Gasteiger partial charge >= 0.3 is 0 Å². The highest BCUT2D eigenvalue weighted by Crippen LogP contribution is 2.60. The van der Waals surface area contributed by atoms with Crippen LogP contribution in [0.15, 0.2) is 54.6 Å². The lowest BCUT2D eigenvalue weighted by molar-refractivity contribution is -0.118. The van der Waals surface area contributed by atoms with E-state index < -0.39 is 5.41 Å². The van der Waals surface area contributed by atoms with Gasteiger partial charge < -0.3 is 14.8 Å². The number of carbonyl (C=O) groups is 1. The molecule has 8 heteroatoms. The molecule has 0 saturated heterocycles. The molecule has 0 spiro atoms. The van der Waals surface area contributed by atoms with Crippen LogP contribution < -0.4 is 10.1 Å². The summed E-state index contributed by atoms with van der Waals surface area (Å²) in [5, 5.41) is 2.88. The fraction of sp³-hybridized carbons (Fsp3) is 0.391. The Hall–Kier alpha value is -3.13. The second kappa shape index (κ2) is 8.93. The zero-order chi connectivity index (χ0) is 21.8. The lowest BCUT2D eigenvalue weighted by Crippen LogP contribution is -2.30. The van der Waals surface area contributed by atoms with Crippen LogP contribution in [0.2, 0.25) is 0 Å². The minimum Gasteiger partial charge on any atom is -0.489 e. The van der Waals surface area contributed by atoms with Crippen molar-refractivity contribution in [3.63, 3.8) is 0 Å². The summed E-state index contributed by atoms with van der Waals surface area (Å²) in [6.07, 6.45) is 9.29. The molecule has 2 aromatic rings. The maximum Gasteiger partial charge on any atom is 0.229 e. The van der Waals surface area contributed by atoms with Gasteiger partial charge in [0.05, 0.1) is 19.4 Å². The molecule has 1 unspecified atom stereocenters. The highest BCUT2D eigenvalue weighted by Gasteiger charge is 2.62. The first kappa shape index (κ1) is 21.1. The first-order valence-electron chi connectivity index (χ1n) is 10.2. The number of hydrogen-bond acceptors (Lipinski definition) is 6. The number of pyridine rings is 1. The normalized spacial score (nSPS) is 24.4. The summed E-state index contributed by atoms with van der Waals surface area (Å²) < 4.78 is 24.9. The van der Waals surface area contributed by atoms with Crippen molar-refractivity contribution in [3.8, 4) is 5.75 Å². The van der Waals surface area contributed by atoms with Crippen LogP contribution in [0.1, 0.15) is 24.4 Å². The molecule has 2 aliphatic rings. The molecule has 1 amide bonds. The number of aromatic nitrogens is 3. The summed E-state index contributed by atoms with van der Waals surface area (Å²) in [4.78, 5) is 25.7. The molecule has 4 rings (SSSR count). The molecule has 2 aromatic heterocycles. The molecule has 2 heterocycles. The predicted molar refractivity (Wildman–Crippen MR) is 113 cm³/mol. The number of amides is 1. The lowest BCUT2D eigenvalue weighted by Gasteiger charge is -2.27. The number of methoxy groups -OCH3 is 1. The van der Waals surface area contributed by atoms with Gasteiger partial charge in [-0.15, -0.1) is 0 Å². The molecule has 0 radical (unpaired) electrons. The zero-order valence-corrected chi connectivity index (χ0v) is 17.5. The average molecular weight is 424 g/mol. The number of anilines is 1. The van der Waals surface area contributed by atoms with Crippen molar-refractivity contribution in [2.45, 2.75) is 26.4 Å². The average Bonchev–Trinajstić information content (AvgIpc) is 3.51. The minimum absolute atomic E-state index is 0.0104. The highest BCUT2D eigenvalue weighted by atomic mass is 19.1. The summed E-state index contributed by atoms with van der Waals surface area (Å²) in [6.45, 7) is 2.39. The molecule has 0 aromatic carbocycles. The Morgan fingerprint density at radius 2 is 2.23 bits per heavy atom. The van der Waals surface area contributed by atoms with Gasteiger partial charge in [0.25, 0.3) is 0 Å². The number of hydrogen-bond donors (Lipinski definition) is 1. The fourth-order valence-electron chi connectivity index (χ4n) is 4.10. The Balaban J connectivity index is 1.52. The summed E-state index contributed by atoms with van der Waals surface area (Å²) in [6, 6.07) is 5.36. The molecule has 0 bridgehead atoms. The van der Waals surface area contributed by atoms with Gasteiger partial charge in [-0.05, 0) is 50.0 Å². The van der Waals surface area contributed by atoms with Crippen molar-refractivity contribution in [3.05, 3.63) is 66.2 Å². The molecule has 7 nitrogen and oxygen atoms in total. The molecule has 2 aliphatic carbocycles. The van der Waals surface area contributed by atoms with E-state index in [1.807, 2.05) is 12.1 Å². The molecule has 0 aliphatic heterocycles. The number of rotatable bonds is 8. The fourth-order valence-corrected chi connectivity index (χ4v) is 4.10. The number of nitrogens with zero attached hydrogens (tertiary/aromatic N) is 3. The molecular weight excluding hydrogens is 399 g/mol. The highest BCUT2D eigenvalue weighted by molar-refractivity contribution is 5.94. The van der Waals surface area contributed by atoms with Crippen LogP contribution in [0.3, 0.4) is 0 Å². The third kappa shape index (κ3) is 4.64. The Labute approximate surface area is 180 Å². The minimum atomic E-state index is -0.443. The van der Waals surface area contributed by atoms with E-state index in [2.05, 4.69) is 20.3 Å². The topological polar surface area (TPSA) is 86.2 Å². The molecular formula is C23H25FN4O3. The summed E-state index contributed by atoms with van der Waals surface area (Å²) in [5.41, 5.74) is 0.215. The van der Waals surface area contributed by atoms with E-state index in [-0.39, 0.29) is 23.6 Å². The molecule has 3 atom stereocenters. The van der Waals surface area contributed by atoms with E-state index in [1.54, 1.807) is 44.6 Å². The number of ether oxygens (including phenoxy) is 2. The van der Waals surface area contributed by atoms with Gasteiger partial charge in [0.1, 0.15) is 23.2 Å². The third-order valence-corrected chi connectivity index (χ3v) is 5.87. The van der Waals surface area contributed by atoms with E-state index in [1.165, 1.54) is 6.08 Å². The molecule has 1 N–H and O–H groups in total. The van der Waals surface area contributed by atoms with Crippen molar-refractivity contribution < 1.29 is 18.7 Å². The quantitative estimate of drug-likeness (QED) is 0.694. The van der Waals surface area contributed by atoms with Gasteiger partial charge in [0.2, 0.25) is 5.91 Å². The zero-order valence-electron chi connectivity index (χ0n) is 17.5. The van der Waals surface area contributed by atoms with Gasteiger partial charge in [-0.3, -0.25) is 4.79 Å². The first-order chi connectivity index (χ1) is 15.0. The van der Waals surface area contributed by atoms with E-state index in [4.69, 9.17) is 9.47 Å². The SMILES string of the molecule is COCc1nc(C)ncc1OC[C@@]1(C2C=CC(F)=CC2)C[C@H]1C(=O)Nc1ccccn1.